The summed E-state index contributed by atoms with van der Waals surface area (Å²) >= 11 is 0. The number of aromatic amines is 1. The van der Waals surface area contributed by atoms with Crippen molar-refractivity contribution in [1.82, 2.24) is 15.2 Å². The molecule has 2 aliphatic heterocycles. The number of carbonyl (C=O) groups excluding carboxylic acids is 1. The van der Waals surface area contributed by atoms with Gasteiger partial charge in [-0.05, 0) is 70.1 Å². The van der Waals surface area contributed by atoms with Gasteiger partial charge in [0.1, 0.15) is 5.75 Å². The standard InChI is InChI=1S/C31H43FN4O5/c1-4-36(23-5-9-39-10-6-23)28-17-25(41-24-14-22(15-24)19-35-7-11-40-12-8-35)16-26(29(28)32)30(37)33-18-27-20(2)13-21(3)34-31(27)38/h13,16-17,22-24H,4-12,14-15,18-19H2,1-3H3,(H,33,37)(H,34,38). The molecule has 0 spiro atoms. The first-order valence-electron chi connectivity index (χ1n) is 14.9. The lowest BCUT2D eigenvalue weighted by atomic mass is 9.81. The smallest absolute Gasteiger partial charge is 0.254 e. The Bertz CT molecular complexity index is 1270. The zero-order chi connectivity index (χ0) is 28.9. The van der Waals surface area contributed by atoms with E-state index in [-0.39, 0.29) is 29.8 Å². The average Bonchev–Trinajstić information content (AvgIpc) is 2.94. The molecule has 2 aromatic rings. The summed E-state index contributed by atoms with van der Waals surface area (Å²) < 4.78 is 33.5. The Labute approximate surface area is 241 Å². The van der Waals surface area contributed by atoms with Crippen LogP contribution >= 0.6 is 0 Å². The van der Waals surface area contributed by atoms with Crippen molar-refractivity contribution < 1.29 is 23.4 Å². The Morgan fingerprint density at radius 3 is 2.51 bits per heavy atom. The van der Waals surface area contributed by atoms with Gasteiger partial charge in [0.25, 0.3) is 11.5 Å². The molecular weight excluding hydrogens is 527 g/mol. The normalized spacial score (nSPS) is 21.8. The number of hydrogen-bond acceptors (Lipinski definition) is 7. The lowest BCUT2D eigenvalue weighted by molar-refractivity contribution is 0.000103. The van der Waals surface area contributed by atoms with Crippen molar-refractivity contribution in [3.8, 4) is 5.75 Å². The van der Waals surface area contributed by atoms with E-state index >= 15 is 4.39 Å². The first-order valence-corrected chi connectivity index (χ1v) is 14.9. The highest BCUT2D eigenvalue weighted by Crippen LogP contribution is 2.36. The molecule has 10 heteroatoms. The predicted octanol–water partition coefficient (Wildman–Crippen LogP) is 3.56. The highest BCUT2D eigenvalue weighted by atomic mass is 19.1. The molecule has 5 rings (SSSR count). The first-order chi connectivity index (χ1) is 19.8. The maximum Gasteiger partial charge on any atom is 0.254 e. The van der Waals surface area contributed by atoms with Gasteiger partial charge in [-0.2, -0.15) is 0 Å². The second kappa shape index (κ2) is 13.4. The Kier molecular flexibility index (Phi) is 9.62. The molecular formula is C31H43FN4O5. The number of nitrogens with zero attached hydrogens (tertiary/aromatic N) is 2. The number of carbonyl (C=O) groups is 1. The van der Waals surface area contributed by atoms with E-state index in [1.54, 1.807) is 6.07 Å². The predicted molar refractivity (Wildman–Crippen MR) is 155 cm³/mol. The fourth-order valence-electron chi connectivity index (χ4n) is 6.27. The summed E-state index contributed by atoms with van der Waals surface area (Å²) in [7, 11) is 0. The van der Waals surface area contributed by atoms with Crippen LogP contribution in [0.3, 0.4) is 0 Å². The molecule has 1 aromatic carbocycles. The largest absolute Gasteiger partial charge is 0.490 e. The minimum atomic E-state index is -0.574. The first kappa shape index (κ1) is 29.5. The van der Waals surface area contributed by atoms with Gasteiger partial charge >= 0.3 is 0 Å². The molecule has 41 heavy (non-hydrogen) atoms. The molecule has 224 valence electrons. The molecule has 3 fully saturated rings. The number of hydrogen-bond donors (Lipinski definition) is 2. The van der Waals surface area contributed by atoms with Gasteiger partial charge in [0.2, 0.25) is 0 Å². The number of H-pyrrole nitrogens is 1. The average molecular weight is 571 g/mol. The van der Waals surface area contributed by atoms with E-state index in [1.807, 2.05) is 31.7 Å². The molecule has 1 aliphatic carbocycles. The molecule has 1 aromatic heterocycles. The third-order valence-electron chi connectivity index (χ3n) is 8.59. The van der Waals surface area contributed by atoms with Crippen LogP contribution in [-0.2, 0) is 16.0 Å². The Morgan fingerprint density at radius 1 is 1.12 bits per heavy atom. The minimum absolute atomic E-state index is 0.00341. The van der Waals surface area contributed by atoms with Crippen LogP contribution in [0.25, 0.3) is 0 Å². The number of amides is 1. The number of nitrogens with one attached hydrogen (secondary N) is 2. The second-order valence-corrected chi connectivity index (χ2v) is 11.5. The number of pyridine rings is 1. The lowest BCUT2D eigenvalue weighted by Crippen LogP contribution is -2.45. The van der Waals surface area contributed by atoms with Gasteiger partial charge in [0.15, 0.2) is 5.82 Å². The van der Waals surface area contributed by atoms with Crippen LogP contribution in [-0.4, -0.2) is 80.5 Å². The summed E-state index contributed by atoms with van der Waals surface area (Å²) in [5, 5.41) is 2.77. The van der Waals surface area contributed by atoms with Gasteiger partial charge in [-0.25, -0.2) is 4.39 Å². The van der Waals surface area contributed by atoms with Crippen LogP contribution in [0, 0.1) is 25.6 Å². The van der Waals surface area contributed by atoms with E-state index in [0.29, 0.717) is 42.7 Å². The van der Waals surface area contributed by atoms with Crippen molar-refractivity contribution in [2.24, 2.45) is 5.92 Å². The van der Waals surface area contributed by atoms with E-state index in [9.17, 15) is 9.59 Å². The maximum absolute atomic E-state index is 16.1. The third kappa shape index (κ3) is 7.10. The van der Waals surface area contributed by atoms with Crippen molar-refractivity contribution in [3.63, 3.8) is 0 Å². The monoisotopic (exact) mass is 570 g/mol. The van der Waals surface area contributed by atoms with Crippen molar-refractivity contribution >= 4 is 11.6 Å². The van der Waals surface area contributed by atoms with E-state index in [4.69, 9.17) is 14.2 Å². The van der Waals surface area contributed by atoms with Gasteiger partial charge in [0, 0.05) is 69.3 Å². The molecule has 1 saturated carbocycles. The Morgan fingerprint density at radius 2 is 1.83 bits per heavy atom. The van der Waals surface area contributed by atoms with Crippen molar-refractivity contribution in [2.45, 2.75) is 65.1 Å². The second-order valence-electron chi connectivity index (χ2n) is 11.5. The molecule has 0 unspecified atom stereocenters. The number of ether oxygens (including phenoxy) is 3. The van der Waals surface area contributed by atoms with Crippen molar-refractivity contribution in [2.75, 3.05) is 57.5 Å². The molecule has 9 nitrogen and oxygen atoms in total. The maximum atomic E-state index is 16.1. The lowest BCUT2D eigenvalue weighted by Gasteiger charge is -2.40. The van der Waals surface area contributed by atoms with Crippen LogP contribution in [0.4, 0.5) is 10.1 Å². The third-order valence-corrected chi connectivity index (χ3v) is 8.59. The van der Waals surface area contributed by atoms with E-state index in [1.165, 1.54) is 6.07 Å². The number of benzene rings is 1. The van der Waals surface area contributed by atoms with Gasteiger partial charge in [-0.1, -0.05) is 0 Å². The summed E-state index contributed by atoms with van der Waals surface area (Å²) in [5.74, 6) is -0.0887. The highest BCUT2D eigenvalue weighted by molar-refractivity contribution is 5.96. The van der Waals surface area contributed by atoms with Crippen LogP contribution in [0.15, 0.2) is 23.0 Å². The van der Waals surface area contributed by atoms with Crippen molar-refractivity contribution in [1.29, 1.82) is 0 Å². The van der Waals surface area contributed by atoms with E-state index in [0.717, 1.165) is 69.8 Å². The van der Waals surface area contributed by atoms with Gasteiger partial charge in [-0.15, -0.1) is 0 Å². The number of aryl methyl sites for hydroxylation is 2. The van der Waals surface area contributed by atoms with Gasteiger partial charge < -0.3 is 29.4 Å². The molecule has 1 amide bonds. The fraction of sp³-hybridized carbons (Fsp3) is 0.613. The number of rotatable bonds is 10. The SMILES string of the molecule is CCN(c1cc(OC2CC(CN3CCOCC3)C2)cc(C(=O)NCc2c(C)cc(C)[nH]c2=O)c1F)C1CCOCC1. The quantitative estimate of drug-likeness (QED) is 0.451. The summed E-state index contributed by atoms with van der Waals surface area (Å²) in [6, 6.07) is 5.22. The van der Waals surface area contributed by atoms with Crippen LogP contribution in [0.5, 0.6) is 5.75 Å². The van der Waals surface area contributed by atoms with Gasteiger partial charge in [0.05, 0.1) is 30.6 Å². The van der Waals surface area contributed by atoms with Crippen molar-refractivity contribution in [3.05, 3.63) is 56.8 Å². The molecule has 0 bridgehead atoms. The Balaban J connectivity index is 1.34. The zero-order valence-corrected chi connectivity index (χ0v) is 24.5. The number of halogens is 1. The van der Waals surface area contributed by atoms with Crippen LogP contribution < -0.4 is 20.5 Å². The topological polar surface area (TPSA) is 96.1 Å². The molecule has 0 radical (unpaired) electrons. The zero-order valence-electron chi connectivity index (χ0n) is 24.5. The molecule has 0 atom stereocenters. The number of anilines is 1. The van der Waals surface area contributed by atoms with E-state index in [2.05, 4.69) is 15.2 Å². The summed E-state index contributed by atoms with van der Waals surface area (Å²) in [4.78, 5) is 33.1. The highest BCUT2D eigenvalue weighted by Gasteiger charge is 2.34. The molecule has 3 aliphatic rings. The minimum Gasteiger partial charge on any atom is -0.490 e. The summed E-state index contributed by atoms with van der Waals surface area (Å²) in [6.45, 7) is 12.0. The number of morpholine rings is 1. The molecule has 2 saturated heterocycles. The summed E-state index contributed by atoms with van der Waals surface area (Å²) in [5.41, 5.74) is 2.02. The summed E-state index contributed by atoms with van der Waals surface area (Å²) in [6.07, 6.45) is 3.47. The molecule has 3 heterocycles. The van der Waals surface area contributed by atoms with Crippen LogP contribution in [0.1, 0.15) is 59.8 Å². The van der Waals surface area contributed by atoms with Gasteiger partial charge in [-0.3, -0.25) is 14.5 Å². The van der Waals surface area contributed by atoms with Crippen LogP contribution in [0.2, 0.25) is 0 Å². The number of aromatic nitrogens is 1. The Hall–Kier alpha value is -2.95. The fourth-order valence-corrected chi connectivity index (χ4v) is 6.27. The molecule has 2 N–H and O–H groups in total. The van der Waals surface area contributed by atoms with E-state index < -0.39 is 11.7 Å².